The Bertz CT molecular complexity index is 880. The number of benzene rings is 2. The van der Waals surface area contributed by atoms with Crippen LogP contribution >= 0.6 is 0 Å². The quantitative estimate of drug-likeness (QED) is 0.414. The largest absolute Gasteiger partial charge is 0.399 e. The molecule has 3 rings (SSSR count). The third-order valence-corrected chi connectivity index (χ3v) is 4.82. The van der Waals surface area contributed by atoms with Crippen LogP contribution in [0.15, 0.2) is 65.8 Å². The van der Waals surface area contributed by atoms with E-state index >= 15 is 0 Å². The van der Waals surface area contributed by atoms with Crippen molar-refractivity contribution in [2.45, 2.75) is 26.1 Å². The van der Waals surface area contributed by atoms with Crippen LogP contribution in [-0.4, -0.2) is 37.4 Å². The standard InChI is InChI=1S/C22H25N3O3/c1-5-18(17-11-7-6-8-12-17)16(2)25-22(28-25)19-13-9-10-14-20(19)24(3)21(26)15-23-27-4/h5-16,22H,1-4H3. The summed E-state index contributed by atoms with van der Waals surface area (Å²) in [6, 6.07) is 18.0. The lowest BCUT2D eigenvalue weighted by Crippen LogP contribution is -2.28. The Hall–Kier alpha value is -2.96. The summed E-state index contributed by atoms with van der Waals surface area (Å²) in [7, 11) is 3.11. The number of allylic oxidation sites excluding steroid dienone is 1. The molecule has 0 aromatic heterocycles. The molecule has 0 saturated carbocycles. The number of rotatable bonds is 7. The molecule has 0 aliphatic carbocycles. The van der Waals surface area contributed by atoms with Crippen molar-refractivity contribution in [1.82, 2.24) is 5.06 Å². The fourth-order valence-corrected chi connectivity index (χ4v) is 3.30. The van der Waals surface area contributed by atoms with Gasteiger partial charge in [-0.1, -0.05) is 59.8 Å². The average molecular weight is 379 g/mol. The maximum absolute atomic E-state index is 12.3. The lowest BCUT2D eigenvalue weighted by atomic mass is 9.99. The van der Waals surface area contributed by atoms with E-state index in [9.17, 15) is 4.79 Å². The van der Waals surface area contributed by atoms with E-state index < -0.39 is 0 Å². The van der Waals surface area contributed by atoms with Gasteiger partial charge in [-0.15, -0.1) is 5.06 Å². The van der Waals surface area contributed by atoms with Crippen LogP contribution in [0.4, 0.5) is 5.69 Å². The third-order valence-electron chi connectivity index (χ3n) is 4.82. The molecule has 1 saturated heterocycles. The van der Waals surface area contributed by atoms with E-state index in [0.717, 1.165) is 17.5 Å². The van der Waals surface area contributed by atoms with Crippen molar-refractivity contribution in [3.05, 3.63) is 71.8 Å². The Morgan fingerprint density at radius 2 is 1.89 bits per heavy atom. The van der Waals surface area contributed by atoms with E-state index in [1.165, 1.54) is 23.1 Å². The monoisotopic (exact) mass is 379 g/mol. The molecule has 3 atom stereocenters. The van der Waals surface area contributed by atoms with Crippen LogP contribution in [0.5, 0.6) is 0 Å². The van der Waals surface area contributed by atoms with Gasteiger partial charge in [-0.3, -0.25) is 9.63 Å². The van der Waals surface area contributed by atoms with Crippen molar-refractivity contribution in [3.8, 4) is 0 Å². The van der Waals surface area contributed by atoms with E-state index in [2.05, 4.69) is 35.1 Å². The van der Waals surface area contributed by atoms with E-state index in [-0.39, 0.29) is 18.2 Å². The molecule has 0 bridgehead atoms. The van der Waals surface area contributed by atoms with Crippen molar-refractivity contribution in [2.75, 3.05) is 19.1 Å². The number of hydrogen-bond acceptors (Lipinski definition) is 5. The van der Waals surface area contributed by atoms with Gasteiger partial charge in [0.25, 0.3) is 5.91 Å². The molecule has 1 heterocycles. The number of hydrogen-bond donors (Lipinski definition) is 0. The van der Waals surface area contributed by atoms with Crippen molar-refractivity contribution in [3.63, 3.8) is 0 Å². The van der Waals surface area contributed by atoms with Gasteiger partial charge in [0.1, 0.15) is 13.3 Å². The zero-order valence-corrected chi connectivity index (χ0v) is 16.6. The van der Waals surface area contributed by atoms with Crippen LogP contribution < -0.4 is 4.90 Å². The molecule has 0 spiro atoms. The van der Waals surface area contributed by atoms with E-state index in [4.69, 9.17) is 4.84 Å². The van der Waals surface area contributed by atoms with E-state index in [1.807, 2.05) is 54.5 Å². The molecule has 6 heteroatoms. The molecule has 2 aromatic carbocycles. The summed E-state index contributed by atoms with van der Waals surface area (Å²) in [5.74, 6) is -0.270. The summed E-state index contributed by atoms with van der Waals surface area (Å²) >= 11 is 0. The lowest BCUT2D eigenvalue weighted by Gasteiger charge is -2.19. The molecular weight excluding hydrogens is 354 g/mol. The molecule has 3 unspecified atom stereocenters. The van der Waals surface area contributed by atoms with Crippen molar-refractivity contribution >= 4 is 23.4 Å². The Morgan fingerprint density at radius 1 is 1.21 bits per heavy atom. The number of anilines is 1. The second kappa shape index (κ2) is 8.82. The molecule has 0 N–H and O–H groups in total. The molecule has 28 heavy (non-hydrogen) atoms. The summed E-state index contributed by atoms with van der Waals surface area (Å²) in [6.45, 7) is 4.15. The van der Waals surface area contributed by atoms with Gasteiger partial charge in [0, 0.05) is 12.6 Å². The molecule has 1 fully saturated rings. The predicted molar refractivity (Wildman–Crippen MR) is 111 cm³/mol. The Labute approximate surface area is 165 Å². The number of carbonyl (C=O) groups is 1. The lowest BCUT2D eigenvalue weighted by molar-refractivity contribution is -0.112. The number of para-hydroxylation sites is 1. The second-order valence-electron chi connectivity index (χ2n) is 6.48. The molecule has 1 amide bonds. The third kappa shape index (κ3) is 4.13. The first-order valence-electron chi connectivity index (χ1n) is 9.18. The molecule has 2 aromatic rings. The molecule has 146 valence electrons. The van der Waals surface area contributed by atoms with Gasteiger partial charge in [0.2, 0.25) is 0 Å². The number of nitrogens with zero attached hydrogens (tertiary/aromatic N) is 3. The molecule has 1 aliphatic rings. The van der Waals surface area contributed by atoms with Crippen LogP contribution in [0.25, 0.3) is 5.57 Å². The molecular formula is C22H25N3O3. The van der Waals surface area contributed by atoms with Crippen LogP contribution in [0.1, 0.15) is 31.2 Å². The van der Waals surface area contributed by atoms with Crippen LogP contribution in [0.2, 0.25) is 0 Å². The Balaban J connectivity index is 1.80. The van der Waals surface area contributed by atoms with Gasteiger partial charge in [-0.2, -0.15) is 0 Å². The van der Waals surface area contributed by atoms with Gasteiger partial charge in [0.15, 0.2) is 6.23 Å². The normalized spacial score (nSPS) is 20.1. The average Bonchev–Trinajstić information content (AvgIpc) is 3.53. The highest BCUT2D eigenvalue weighted by Gasteiger charge is 2.44. The molecule has 6 nitrogen and oxygen atoms in total. The first kappa shape index (κ1) is 19.8. The summed E-state index contributed by atoms with van der Waals surface area (Å²) < 4.78 is 0. The maximum Gasteiger partial charge on any atom is 0.272 e. The van der Waals surface area contributed by atoms with Crippen molar-refractivity contribution in [2.24, 2.45) is 5.16 Å². The van der Waals surface area contributed by atoms with Gasteiger partial charge >= 0.3 is 0 Å². The SMILES string of the molecule is CC=C(c1ccccc1)C(C)N1OC1c1ccccc1N(C)C(=O)C=NOC. The topological polar surface area (TPSA) is 57.4 Å². The number of amides is 1. The van der Waals surface area contributed by atoms with Crippen LogP contribution in [0, 0.1) is 0 Å². The fourth-order valence-electron chi connectivity index (χ4n) is 3.30. The van der Waals surface area contributed by atoms with Crippen molar-refractivity contribution in [1.29, 1.82) is 0 Å². The predicted octanol–water partition coefficient (Wildman–Crippen LogP) is 4.02. The van der Waals surface area contributed by atoms with Gasteiger partial charge in [-0.05, 0) is 31.1 Å². The number of oxime groups is 1. The van der Waals surface area contributed by atoms with E-state index in [1.54, 1.807) is 7.05 Å². The number of carbonyl (C=O) groups excluding carboxylic acids is 1. The smallest absolute Gasteiger partial charge is 0.272 e. The Morgan fingerprint density at radius 3 is 2.57 bits per heavy atom. The highest BCUT2D eigenvalue weighted by molar-refractivity contribution is 6.32. The molecule has 0 radical (unpaired) electrons. The summed E-state index contributed by atoms with van der Waals surface area (Å²) in [5, 5.41) is 5.50. The minimum atomic E-state index is -0.270. The van der Waals surface area contributed by atoms with Gasteiger partial charge < -0.3 is 9.74 Å². The zero-order valence-electron chi connectivity index (χ0n) is 16.6. The fraction of sp³-hybridized carbons (Fsp3) is 0.273. The first-order valence-corrected chi connectivity index (χ1v) is 9.18. The zero-order chi connectivity index (χ0) is 20.1. The Kier molecular flexibility index (Phi) is 6.23. The van der Waals surface area contributed by atoms with E-state index in [0.29, 0.717) is 0 Å². The number of hydroxylamine groups is 2. The van der Waals surface area contributed by atoms with Crippen LogP contribution in [0.3, 0.4) is 0 Å². The second-order valence-corrected chi connectivity index (χ2v) is 6.48. The van der Waals surface area contributed by atoms with Crippen LogP contribution in [-0.2, 0) is 14.5 Å². The first-order chi connectivity index (χ1) is 13.6. The highest BCUT2D eigenvalue weighted by Crippen LogP contribution is 2.45. The minimum absolute atomic E-state index is 0.0708. The highest BCUT2D eigenvalue weighted by atomic mass is 16.8. The van der Waals surface area contributed by atoms with Gasteiger partial charge in [-0.25, -0.2) is 0 Å². The summed E-state index contributed by atoms with van der Waals surface area (Å²) in [4.78, 5) is 24.3. The van der Waals surface area contributed by atoms with Gasteiger partial charge in [0.05, 0.1) is 11.7 Å². The van der Waals surface area contributed by atoms with Crippen molar-refractivity contribution < 1.29 is 14.5 Å². The summed E-state index contributed by atoms with van der Waals surface area (Å²) in [6.07, 6.45) is 3.05. The maximum atomic E-state index is 12.3. The summed E-state index contributed by atoms with van der Waals surface area (Å²) in [5.41, 5.74) is 4.07. The minimum Gasteiger partial charge on any atom is -0.399 e. The molecule has 1 aliphatic heterocycles.